The molecule has 2 aromatic carbocycles. The van der Waals surface area contributed by atoms with Crippen molar-refractivity contribution in [2.24, 2.45) is 0 Å². The van der Waals surface area contributed by atoms with E-state index in [1.54, 1.807) is 23.1 Å². The number of nitrogens with one attached hydrogen (secondary N) is 1. The fraction of sp³-hybridized carbons (Fsp3) is 0.118. The number of fused-ring (bicyclic) bond motifs is 1. The zero-order valence-electron chi connectivity index (χ0n) is 11.7. The van der Waals surface area contributed by atoms with Gasteiger partial charge in [0.1, 0.15) is 0 Å². The molecule has 0 spiro atoms. The molecule has 0 aliphatic rings. The Morgan fingerprint density at radius 2 is 1.95 bits per heavy atom. The van der Waals surface area contributed by atoms with Crippen molar-refractivity contribution in [2.75, 3.05) is 11.1 Å². The van der Waals surface area contributed by atoms with Gasteiger partial charge in [0, 0.05) is 32.5 Å². The Labute approximate surface area is 142 Å². The molecule has 0 aliphatic carbocycles. The van der Waals surface area contributed by atoms with Crippen molar-refractivity contribution in [1.29, 1.82) is 0 Å². The van der Waals surface area contributed by atoms with Crippen molar-refractivity contribution >= 4 is 56.4 Å². The van der Waals surface area contributed by atoms with Gasteiger partial charge in [0.2, 0.25) is 5.91 Å². The molecule has 3 aromatic rings. The third-order valence-corrected chi connectivity index (χ3v) is 5.31. The first-order valence-electron chi connectivity index (χ1n) is 6.86. The van der Waals surface area contributed by atoms with Gasteiger partial charge in [0.05, 0.1) is 0 Å². The summed E-state index contributed by atoms with van der Waals surface area (Å²) in [6, 6.07) is 15.7. The van der Waals surface area contributed by atoms with Gasteiger partial charge in [-0.2, -0.15) is 0 Å². The van der Waals surface area contributed by atoms with Crippen LogP contribution in [0.2, 0.25) is 5.02 Å². The molecule has 0 saturated heterocycles. The number of carbonyl (C=O) groups is 1. The molecule has 0 fully saturated rings. The quantitative estimate of drug-likeness (QED) is 0.602. The Morgan fingerprint density at radius 3 is 2.77 bits per heavy atom. The maximum absolute atomic E-state index is 12.0. The van der Waals surface area contributed by atoms with Gasteiger partial charge in [-0.05, 0) is 59.3 Å². The van der Waals surface area contributed by atoms with E-state index in [-0.39, 0.29) is 5.91 Å². The molecule has 0 unspecified atom stereocenters. The van der Waals surface area contributed by atoms with Crippen molar-refractivity contribution in [3.8, 4) is 0 Å². The van der Waals surface area contributed by atoms with Gasteiger partial charge < -0.3 is 5.32 Å². The van der Waals surface area contributed by atoms with Gasteiger partial charge >= 0.3 is 0 Å². The predicted molar refractivity (Wildman–Crippen MR) is 97.2 cm³/mol. The van der Waals surface area contributed by atoms with Crippen LogP contribution in [0.5, 0.6) is 0 Å². The van der Waals surface area contributed by atoms with Crippen LogP contribution < -0.4 is 5.32 Å². The maximum atomic E-state index is 12.0. The lowest BCUT2D eigenvalue weighted by atomic mass is 10.2. The number of anilines is 1. The second kappa shape index (κ2) is 7.18. The number of thioether (sulfide) groups is 1. The SMILES string of the molecule is O=C(CCSc1ccc(Cl)cc1)Nc1ccc2sccc2c1. The van der Waals surface area contributed by atoms with Gasteiger partial charge in [0.25, 0.3) is 0 Å². The molecular weight excluding hydrogens is 334 g/mol. The van der Waals surface area contributed by atoms with Gasteiger partial charge in [0.15, 0.2) is 0 Å². The second-order valence-corrected chi connectivity index (χ2v) is 7.33. The van der Waals surface area contributed by atoms with Gasteiger partial charge in [-0.1, -0.05) is 11.6 Å². The summed E-state index contributed by atoms with van der Waals surface area (Å²) in [5, 5.41) is 6.90. The summed E-state index contributed by atoms with van der Waals surface area (Å²) in [6.45, 7) is 0. The number of hydrogen-bond acceptors (Lipinski definition) is 3. The molecule has 0 saturated carbocycles. The van der Waals surface area contributed by atoms with Crippen LogP contribution in [-0.2, 0) is 4.79 Å². The highest BCUT2D eigenvalue weighted by molar-refractivity contribution is 7.99. The number of hydrogen-bond donors (Lipinski definition) is 1. The van der Waals surface area contributed by atoms with Crippen molar-refractivity contribution in [1.82, 2.24) is 0 Å². The highest BCUT2D eigenvalue weighted by Gasteiger charge is 2.04. The topological polar surface area (TPSA) is 29.1 Å². The first-order chi connectivity index (χ1) is 10.7. The zero-order valence-corrected chi connectivity index (χ0v) is 14.1. The minimum Gasteiger partial charge on any atom is -0.326 e. The van der Waals surface area contributed by atoms with Crippen LogP contribution in [0.1, 0.15) is 6.42 Å². The standard InChI is InChI=1S/C17H14ClNOS2/c18-13-1-4-15(5-2-13)21-10-8-17(20)19-14-3-6-16-12(11-14)7-9-22-16/h1-7,9,11H,8,10H2,(H,19,20). The summed E-state index contributed by atoms with van der Waals surface area (Å²) in [5.74, 6) is 0.782. The van der Waals surface area contributed by atoms with Gasteiger partial charge in [-0.25, -0.2) is 0 Å². The Bertz CT molecular complexity index is 783. The third kappa shape index (κ3) is 4.03. The lowest BCUT2D eigenvalue weighted by molar-refractivity contribution is -0.115. The molecule has 1 N–H and O–H groups in total. The number of amides is 1. The summed E-state index contributed by atoms with van der Waals surface area (Å²) in [5.41, 5.74) is 0.854. The average molecular weight is 348 g/mol. The first kappa shape index (κ1) is 15.4. The minimum absolute atomic E-state index is 0.0380. The van der Waals surface area contributed by atoms with E-state index < -0.39 is 0 Å². The number of carbonyl (C=O) groups excluding carboxylic acids is 1. The van der Waals surface area contributed by atoms with Crippen molar-refractivity contribution < 1.29 is 4.79 Å². The molecule has 1 heterocycles. The normalized spacial score (nSPS) is 10.8. The lowest BCUT2D eigenvalue weighted by Crippen LogP contribution is -2.11. The van der Waals surface area contributed by atoms with Crippen LogP contribution >= 0.6 is 34.7 Å². The smallest absolute Gasteiger partial charge is 0.225 e. The Kier molecular flexibility index (Phi) is 5.03. The van der Waals surface area contributed by atoms with Gasteiger partial charge in [-0.3, -0.25) is 4.79 Å². The Balaban J connectivity index is 1.50. The van der Waals surface area contributed by atoms with E-state index >= 15 is 0 Å². The zero-order chi connectivity index (χ0) is 15.4. The molecule has 0 atom stereocenters. The van der Waals surface area contributed by atoms with Crippen molar-refractivity contribution in [3.63, 3.8) is 0 Å². The van der Waals surface area contributed by atoms with E-state index in [1.165, 1.54) is 10.1 Å². The van der Waals surface area contributed by atoms with Crippen LogP contribution in [0.3, 0.4) is 0 Å². The highest BCUT2D eigenvalue weighted by atomic mass is 35.5. The molecule has 0 bridgehead atoms. The fourth-order valence-corrected chi connectivity index (χ4v) is 3.81. The molecule has 2 nitrogen and oxygen atoms in total. The molecular formula is C17H14ClNOS2. The van der Waals surface area contributed by atoms with Gasteiger partial charge in [-0.15, -0.1) is 23.1 Å². The van der Waals surface area contributed by atoms with E-state index in [4.69, 9.17) is 11.6 Å². The molecule has 5 heteroatoms. The third-order valence-electron chi connectivity index (χ3n) is 3.15. The van der Waals surface area contributed by atoms with Crippen LogP contribution in [0.4, 0.5) is 5.69 Å². The molecule has 0 radical (unpaired) electrons. The van der Waals surface area contributed by atoms with E-state index in [0.717, 1.165) is 21.4 Å². The summed E-state index contributed by atoms with van der Waals surface area (Å²) < 4.78 is 1.23. The largest absolute Gasteiger partial charge is 0.326 e. The van der Waals surface area contributed by atoms with Crippen LogP contribution in [0, 0.1) is 0 Å². The molecule has 22 heavy (non-hydrogen) atoms. The summed E-state index contributed by atoms with van der Waals surface area (Å²) in [4.78, 5) is 13.1. The fourth-order valence-electron chi connectivity index (χ4n) is 2.06. The molecule has 3 rings (SSSR count). The van der Waals surface area contributed by atoms with Crippen molar-refractivity contribution in [3.05, 3.63) is 58.9 Å². The average Bonchev–Trinajstić information content (AvgIpc) is 2.97. The molecule has 1 aromatic heterocycles. The second-order valence-electron chi connectivity index (χ2n) is 4.77. The minimum atomic E-state index is 0.0380. The molecule has 1 amide bonds. The number of rotatable bonds is 5. The number of benzene rings is 2. The molecule has 112 valence electrons. The number of halogens is 1. The van der Waals surface area contributed by atoms with Crippen LogP contribution in [-0.4, -0.2) is 11.7 Å². The Morgan fingerprint density at radius 1 is 1.14 bits per heavy atom. The van der Waals surface area contributed by atoms with E-state index in [2.05, 4.69) is 16.8 Å². The summed E-state index contributed by atoms with van der Waals surface area (Å²) in [7, 11) is 0. The monoisotopic (exact) mass is 347 g/mol. The summed E-state index contributed by atoms with van der Waals surface area (Å²) >= 11 is 9.20. The molecule has 0 aliphatic heterocycles. The first-order valence-corrected chi connectivity index (χ1v) is 9.10. The summed E-state index contributed by atoms with van der Waals surface area (Å²) in [6.07, 6.45) is 0.481. The van der Waals surface area contributed by atoms with E-state index in [1.807, 2.05) is 42.5 Å². The Hall–Kier alpha value is -1.49. The highest BCUT2D eigenvalue weighted by Crippen LogP contribution is 2.24. The van der Waals surface area contributed by atoms with Crippen molar-refractivity contribution in [2.45, 2.75) is 11.3 Å². The maximum Gasteiger partial charge on any atom is 0.225 e. The lowest BCUT2D eigenvalue weighted by Gasteiger charge is -2.05. The van der Waals surface area contributed by atoms with E-state index in [9.17, 15) is 4.79 Å². The predicted octanol–water partition coefficient (Wildman–Crippen LogP) is 5.68. The number of thiophene rings is 1. The van der Waals surface area contributed by atoms with Crippen LogP contribution in [0.25, 0.3) is 10.1 Å². The van der Waals surface area contributed by atoms with Crippen LogP contribution in [0.15, 0.2) is 58.8 Å². The van der Waals surface area contributed by atoms with E-state index in [0.29, 0.717) is 6.42 Å².